The van der Waals surface area contributed by atoms with Gasteiger partial charge in [0.25, 0.3) is 5.69 Å². The molecule has 0 N–H and O–H groups in total. The zero-order valence-corrected chi connectivity index (χ0v) is 9.67. The number of rotatable bonds is 2. The van der Waals surface area contributed by atoms with E-state index in [0.717, 1.165) is 12.0 Å². The zero-order chi connectivity index (χ0) is 12.2. The number of nitrogens with zero attached hydrogens (tertiary/aromatic N) is 1. The van der Waals surface area contributed by atoms with Crippen molar-refractivity contribution in [2.45, 2.75) is 38.1 Å². The zero-order valence-electron chi connectivity index (χ0n) is 9.67. The van der Waals surface area contributed by atoms with E-state index in [-0.39, 0.29) is 23.5 Å². The molecule has 0 radical (unpaired) electrons. The normalized spacial score (nSPS) is 33.3. The molecule has 1 saturated heterocycles. The highest BCUT2D eigenvalue weighted by Crippen LogP contribution is 2.55. The van der Waals surface area contributed by atoms with Gasteiger partial charge in [-0.1, -0.05) is 6.92 Å². The van der Waals surface area contributed by atoms with E-state index >= 15 is 0 Å². The van der Waals surface area contributed by atoms with Crippen molar-refractivity contribution in [3.8, 4) is 5.75 Å². The van der Waals surface area contributed by atoms with Crippen LogP contribution in [0.25, 0.3) is 0 Å². The number of hydrogen-bond donors (Lipinski definition) is 0. The first kappa shape index (κ1) is 10.5. The topological polar surface area (TPSA) is 64.9 Å². The Morgan fingerprint density at radius 2 is 2.29 bits per heavy atom. The maximum atomic E-state index is 10.7. The van der Waals surface area contributed by atoms with E-state index in [9.17, 15) is 10.1 Å². The molecule has 0 spiro atoms. The van der Waals surface area contributed by atoms with E-state index in [4.69, 9.17) is 9.47 Å². The third-order valence-electron chi connectivity index (χ3n) is 3.65. The van der Waals surface area contributed by atoms with Crippen molar-refractivity contribution >= 4 is 5.69 Å². The molecule has 0 bridgehead atoms. The minimum absolute atomic E-state index is 0.0296. The second kappa shape index (κ2) is 3.20. The lowest BCUT2D eigenvalue weighted by Crippen LogP contribution is -2.40. The minimum Gasteiger partial charge on any atom is -0.484 e. The summed E-state index contributed by atoms with van der Waals surface area (Å²) in [6.45, 7) is 4.07. The second-order valence-corrected chi connectivity index (χ2v) is 4.72. The first-order valence-electron chi connectivity index (χ1n) is 5.68. The van der Waals surface area contributed by atoms with E-state index in [0.29, 0.717) is 5.75 Å². The van der Waals surface area contributed by atoms with Crippen LogP contribution in [0.2, 0.25) is 0 Å². The molecule has 2 aliphatic heterocycles. The van der Waals surface area contributed by atoms with Gasteiger partial charge >= 0.3 is 0 Å². The van der Waals surface area contributed by atoms with Crippen molar-refractivity contribution in [2.75, 3.05) is 0 Å². The molecule has 5 nitrogen and oxygen atoms in total. The van der Waals surface area contributed by atoms with Crippen molar-refractivity contribution in [2.24, 2.45) is 0 Å². The molecule has 0 amide bonds. The summed E-state index contributed by atoms with van der Waals surface area (Å²) < 4.78 is 11.5. The van der Waals surface area contributed by atoms with Crippen LogP contribution in [-0.4, -0.2) is 16.6 Å². The Morgan fingerprint density at radius 1 is 1.53 bits per heavy atom. The van der Waals surface area contributed by atoms with Crippen molar-refractivity contribution in [3.05, 3.63) is 33.9 Å². The number of epoxide rings is 1. The number of nitro benzene ring substituents is 1. The van der Waals surface area contributed by atoms with Crippen molar-refractivity contribution in [3.63, 3.8) is 0 Å². The summed E-state index contributed by atoms with van der Waals surface area (Å²) in [6, 6.07) is 4.69. The molecule has 3 rings (SSSR count). The van der Waals surface area contributed by atoms with Gasteiger partial charge in [-0.2, -0.15) is 0 Å². The summed E-state index contributed by atoms with van der Waals surface area (Å²) in [6.07, 6.45) is 0.843. The third kappa shape index (κ3) is 1.42. The largest absolute Gasteiger partial charge is 0.484 e. The number of ether oxygens (including phenoxy) is 2. The average molecular weight is 235 g/mol. The molecule has 0 aromatic heterocycles. The fraction of sp³-hybridized carbons (Fsp3) is 0.500. The maximum Gasteiger partial charge on any atom is 0.270 e. The Kier molecular flexibility index (Phi) is 1.98. The predicted octanol–water partition coefficient (Wildman–Crippen LogP) is 2.60. The number of nitro groups is 1. The fourth-order valence-corrected chi connectivity index (χ4v) is 2.36. The van der Waals surface area contributed by atoms with Gasteiger partial charge in [0.15, 0.2) is 0 Å². The highest BCUT2D eigenvalue weighted by atomic mass is 16.6. The Balaban J connectivity index is 2.03. The second-order valence-electron chi connectivity index (χ2n) is 4.72. The van der Waals surface area contributed by atoms with Crippen molar-refractivity contribution in [1.82, 2.24) is 0 Å². The number of non-ortho nitro benzene ring substituents is 1. The van der Waals surface area contributed by atoms with Crippen LogP contribution in [0.3, 0.4) is 0 Å². The van der Waals surface area contributed by atoms with Crippen LogP contribution in [0.5, 0.6) is 5.75 Å². The van der Waals surface area contributed by atoms with Gasteiger partial charge < -0.3 is 9.47 Å². The summed E-state index contributed by atoms with van der Waals surface area (Å²) in [5, 5.41) is 10.7. The molecule has 2 aliphatic rings. The Hall–Kier alpha value is -1.62. The lowest BCUT2D eigenvalue weighted by Gasteiger charge is -2.32. The van der Waals surface area contributed by atoms with E-state index in [1.165, 1.54) is 6.07 Å². The molecular weight excluding hydrogens is 222 g/mol. The molecule has 17 heavy (non-hydrogen) atoms. The molecule has 3 unspecified atom stereocenters. The van der Waals surface area contributed by atoms with Crippen molar-refractivity contribution < 1.29 is 14.4 Å². The standard InChI is InChI=1S/C12H13NO4/c1-3-12(2)11-10(16-11)8-6-7(13(14)15)4-5-9(8)17-12/h4-6,10-11H,3H2,1-2H3. The predicted molar refractivity (Wildman–Crippen MR) is 60.0 cm³/mol. The molecule has 1 aromatic rings. The Bertz CT molecular complexity index is 501. The van der Waals surface area contributed by atoms with Crippen LogP contribution in [0.1, 0.15) is 31.9 Å². The highest BCUT2D eigenvalue weighted by Gasteiger charge is 2.58. The van der Waals surface area contributed by atoms with Crippen molar-refractivity contribution in [1.29, 1.82) is 0 Å². The van der Waals surface area contributed by atoms with Crippen LogP contribution in [0.15, 0.2) is 18.2 Å². The number of hydrogen-bond acceptors (Lipinski definition) is 4. The van der Waals surface area contributed by atoms with E-state index < -0.39 is 4.92 Å². The van der Waals surface area contributed by atoms with Crippen LogP contribution < -0.4 is 4.74 Å². The molecule has 90 valence electrons. The number of benzene rings is 1. The van der Waals surface area contributed by atoms with Gasteiger partial charge in [-0.3, -0.25) is 10.1 Å². The SMILES string of the molecule is CCC1(C)Oc2ccc([N+](=O)[O-])cc2C2OC21. The Labute approximate surface area is 98.5 Å². The van der Waals surface area contributed by atoms with Crippen LogP contribution >= 0.6 is 0 Å². The number of fused-ring (bicyclic) bond motifs is 3. The van der Waals surface area contributed by atoms with Crippen LogP contribution in [0, 0.1) is 10.1 Å². The molecule has 0 saturated carbocycles. The van der Waals surface area contributed by atoms with Gasteiger partial charge in [0, 0.05) is 17.7 Å². The summed E-state index contributed by atoms with van der Waals surface area (Å²) in [5.41, 5.74) is 0.574. The minimum atomic E-state index is -0.398. The molecule has 2 heterocycles. The fourth-order valence-electron chi connectivity index (χ4n) is 2.36. The molecule has 3 atom stereocenters. The van der Waals surface area contributed by atoms with E-state index in [1.54, 1.807) is 12.1 Å². The first-order chi connectivity index (χ1) is 8.05. The van der Waals surface area contributed by atoms with Gasteiger partial charge in [-0.15, -0.1) is 0 Å². The maximum absolute atomic E-state index is 10.7. The molecule has 0 aliphatic carbocycles. The monoisotopic (exact) mass is 235 g/mol. The summed E-state index contributed by atoms with van der Waals surface area (Å²) in [7, 11) is 0. The highest BCUT2D eigenvalue weighted by molar-refractivity contribution is 5.49. The Morgan fingerprint density at radius 3 is 2.94 bits per heavy atom. The van der Waals surface area contributed by atoms with Gasteiger partial charge in [0.1, 0.15) is 23.6 Å². The molecule has 1 fully saturated rings. The summed E-state index contributed by atoms with van der Waals surface area (Å²) in [5.74, 6) is 0.707. The molecule has 5 heteroatoms. The molecular formula is C12H13NO4. The van der Waals surface area contributed by atoms with Gasteiger partial charge in [0.05, 0.1) is 4.92 Å². The van der Waals surface area contributed by atoms with Gasteiger partial charge in [-0.05, 0) is 19.4 Å². The van der Waals surface area contributed by atoms with Gasteiger partial charge in [0.2, 0.25) is 0 Å². The van der Waals surface area contributed by atoms with E-state index in [1.807, 2.05) is 6.92 Å². The van der Waals surface area contributed by atoms with Crippen LogP contribution in [-0.2, 0) is 4.74 Å². The van der Waals surface area contributed by atoms with Gasteiger partial charge in [-0.25, -0.2) is 0 Å². The van der Waals surface area contributed by atoms with Crippen LogP contribution in [0.4, 0.5) is 5.69 Å². The third-order valence-corrected chi connectivity index (χ3v) is 3.65. The first-order valence-corrected chi connectivity index (χ1v) is 5.68. The summed E-state index contributed by atoms with van der Waals surface area (Å²) in [4.78, 5) is 10.3. The smallest absolute Gasteiger partial charge is 0.270 e. The molecule has 1 aromatic carbocycles. The van der Waals surface area contributed by atoms with E-state index in [2.05, 4.69) is 6.92 Å². The lowest BCUT2D eigenvalue weighted by molar-refractivity contribution is -0.385. The quantitative estimate of drug-likeness (QED) is 0.449. The summed E-state index contributed by atoms with van der Waals surface area (Å²) >= 11 is 0. The average Bonchev–Trinajstić information content (AvgIpc) is 3.09. The lowest BCUT2D eigenvalue weighted by atomic mass is 9.90.